The molecule has 0 atom stereocenters. The van der Waals surface area contributed by atoms with E-state index >= 15 is 0 Å². The monoisotopic (exact) mass is 415 g/mol. The second-order valence-electron chi connectivity index (χ2n) is 7.09. The van der Waals surface area contributed by atoms with Crippen molar-refractivity contribution in [1.29, 1.82) is 0 Å². The van der Waals surface area contributed by atoms with Gasteiger partial charge < -0.3 is 10.1 Å². The van der Waals surface area contributed by atoms with Gasteiger partial charge in [0.2, 0.25) is 11.8 Å². The molecule has 0 radical (unpaired) electrons. The molecule has 4 rings (SSSR count). The molecule has 1 heterocycles. The van der Waals surface area contributed by atoms with Crippen molar-refractivity contribution >= 4 is 11.6 Å². The minimum atomic E-state index is -0.385. The van der Waals surface area contributed by atoms with Gasteiger partial charge in [0.15, 0.2) is 0 Å². The molecule has 0 aliphatic carbocycles. The lowest BCUT2D eigenvalue weighted by Crippen LogP contribution is -2.12. The van der Waals surface area contributed by atoms with Crippen molar-refractivity contribution in [3.8, 4) is 17.3 Å². The molecule has 0 bridgehead atoms. The summed E-state index contributed by atoms with van der Waals surface area (Å²) in [5, 5.41) is 7.52. The van der Waals surface area contributed by atoms with Crippen LogP contribution in [0.2, 0.25) is 0 Å². The highest BCUT2D eigenvalue weighted by atomic mass is 19.1. The Morgan fingerprint density at radius 2 is 1.71 bits per heavy atom. The largest absolute Gasteiger partial charge is 0.439 e. The second-order valence-corrected chi connectivity index (χ2v) is 7.09. The van der Waals surface area contributed by atoms with Crippen LogP contribution in [-0.2, 0) is 11.2 Å². The maximum atomic E-state index is 13.7. The third-order valence-corrected chi connectivity index (χ3v) is 4.81. The molecule has 0 saturated heterocycles. The van der Waals surface area contributed by atoms with E-state index in [0.29, 0.717) is 18.1 Å². The van der Waals surface area contributed by atoms with Crippen LogP contribution < -0.4 is 10.1 Å². The van der Waals surface area contributed by atoms with E-state index in [2.05, 4.69) is 10.4 Å². The molecule has 6 heteroatoms. The van der Waals surface area contributed by atoms with E-state index < -0.39 is 0 Å². The predicted octanol–water partition coefficient (Wildman–Crippen LogP) is 5.68. The van der Waals surface area contributed by atoms with Crippen molar-refractivity contribution in [1.82, 2.24) is 9.78 Å². The van der Waals surface area contributed by atoms with Gasteiger partial charge in [-0.05, 0) is 49.7 Å². The summed E-state index contributed by atoms with van der Waals surface area (Å²) in [5.41, 5.74) is 3.12. The average Bonchev–Trinajstić information content (AvgIpc) is 3.08. The van der Waals surface area contributed by atoms with Crippen molar-refractivity contribution < 1.29 is 13.9 Å². The van der Waals surface area contributed by atoms with Gasteiger partial charge in [-0.25, -0.2) is 9.07 Å². The Balaban J connectivity index is 1.61. The van der Waals surface area contributed by atoms with Crippen LogP contribution in [0.25, 0.3) is 5.69 Å². The number of nitrogens with one attached hydrogen (secondary N) is 1. The van der Waals surface area contributed by atoms with Crippen LogP contribution in [0.5, 0.6) is 11.6 Å². The SMILES string of the molecule is Cc1nn(-c2ccccc2)c(Oc2cccc(F)c2)c1CCC(=O)Nc1ccccc1. The molecular formula is C25H22FN3O2. The minimum absolute atomic E-state index is 0.102. The van der Waals surface area contributed by atoms with E-state index in [0.717, 1.165) is 22.6 Å². The summed E-state index contributed by atoms with van der Waals surface area (Å²) in [6.07, 6.45) is 0.692. The molecule has 31 heavy (non-hydrogen) atoms. The lowest BCUT2D eigenvalue weighted by Gasteiger charge is -2.12. The van der Waals surface area contributed by atoms with Crippen LogP contribution >= 0.6 is 0 Å². The Morgan fingerprint density at radius 1 is 1.00 bits per heavy atom. The van der Waals surface area contributed by atoms with E-state index in [1.807, 2.05) is 67.6 Å². The Morgan fingerprint density at radius 3 is 2.42 bits per heavy atom. The van der Waals surface area contributed by atoms with Crippen molar-refractivity contribution in [2.45, 2.75) is 19.8 Å². The quantitative estimate of drug-likeness (QED) is 0.422. The van der Waals surface area contributed by atoms with Crippen molar-refractivity contribution in [2.75, 3.05) is 5.32 Å². The number of rotatable bonds is 7. The fourth-order valence-electron chi connectivity index (χ4n) is 3.30. The number of amides is 1. The molecule has 1 N–H and O–H groups in total. The number of aromatic nitrogens is 2. The molecule has 0 fully saturated rings. The summed E-state index contributed by atoms with van der Waals surface area (Å²) in [7, 11) is 0. The Bertz CT molecular complexity index is 1170. The summed E-state index contributed by atoms with van der Waals surface area (Å²) in [5.74, 6) is 0.354. The number of anilines is 1. The fraction of sp³-hybridized carbons (Fsp3) is 0.120. The average molecular weight is 415 g/mol. The van der Waals surface area contributed by atoms with Crippen LogP contribution in [-0.4, -0.2) is 15.7 Å². The molecule has 0 unspecified atom stereocenters. The Kier molecular flexibility index (Phi) is 6.08. The summed E-state index contributed by atoms with van der Waals surface area (Å²) in [6.45, 7) is 1.88. The highest BCUT2D eigenvalue weighted by Crippen LogP contribution is 2.31. The molecule has 1 amide bonds. The lowest BCUT2D eigenvalue weighted by molar-refractivity contribution is -0.116. The molecule has 4 aromatic rings. The molecule has 0 saturated carbocycles. The molecular weight excluding hydrogens is 393 g/mol. The molecule has 3 aromatic carbocycles. The van der Waals surface area contributed by atoms with Gasteiger partial charge >= 0.3 is 0 Å². The summed E-state index contributed by atoms with van der Waals surface area (Å²) >= 11 is 0. The van der Waals surface area contributed by atoms with E-state index in [9.17, 15) is 9.18 Å². The van der Waals surface area contributed by atoms with Gasteiger partial charge in [0.25, 0.3) is 0 Å². The number of para-hydroxylation sites is 2. The first-order valence-electron chi connectivity index (χ1n) is 10.0. The van der Waals surface area contributed by atoms with Gasteiger partial charge in [-0.1, -0.05) is 42.5 Å². The number of nitrogens with zero attached hydrogens (tertiary/aromatic N) is 2. The van der Waals surface area contributed by atoms with Crippen LogP contribution in [0.1, 0.15) is 17.7 Å². The van der Waals surface area contributed by atoms with Crippen LogP contribution in [0.3, 0.4) is 0 Å². The normalized spacial score (nSPS) is 10.6. The van der Waals surface area contributed by atoms with Gasteiger partial charge in [0, 0.05) is 23.7 Å². The van der Waals surface area contributed by atoms with Gasteiger partial charge in [-0.2, -0.15) is 5.10 Å². The van der Waals surface area contributed by atoms with Crippen molar-refractivity contribution in [3.63, 3.8) is 0 Å². The maximum absolute atomic E-state index is 13.7. The Labute approximate surface area is 180 Å². The van der Waals surface area contributed by atoms with Crippen molar-refractivity contribution in [3.05, 3.63) is 102 Å². The highest BCUT2D eigenvalue weighted by molar-refractivity contribution is 5.90. The van der Waals surface area contributed by atoms with E-state index in [4.69, 9.17) is 4.74 Å². The zero-order valence-electron chi connectivity index (χ0n) is 17.1. The van der Waals surface area contributed by atoms with Crippen LogP contribution in [0.4, 0.5) is 10.1 Å². The second kappa shape index (κ2) is 9.26. The topological polar surface area (TPSA) is 56.2 Å². The Hall–Kier alpha value is -3.93. The molecule has 0 aliphatic heterocycles. The first-order valence-corrected chi connectivity index (χ1v) is 10.0. The smallest absolute Gasteiger partial charge is 0.226 e. The minimum Gasteiger partial charge on any atom is -0.439 e. The summed E-state index contributed by atoms with van der Waals surface area (Å²) < 4.78 is 21.5. The number of ether oxygens (including phenoxy) is 1. The number of aryl methyl sites for hydroxylation is 1. The lowest BCUT2D eigenvalue weighted by atomic mass is 10.1. The van der Waals surface area contributed by atoms with Gasteiger partial charge in [0.05, 0.1) is 11.4 Å². The molecule has 1 aromatic heterocycles. The number of hydrogen-bond acceptors (Lipinski definition) is 3. The number of carbonyl (C=O) groups is 1. The standard InChI is InChI=1S/C25H22FN3O2/c1-18-23(15-16-24(30)27-20-10-4-2-5-11-20)25(31-22-14-8-9-19(26)17-22)29(28-18)21-12-6-3-7-13-21/h2-14,17H,15-16H2,1H3,(H,27,30). The third kappa shape index (κ3) is 4.98. The molecule has 156 valence electrons. The summed E-state index contributed by atoms with van der Waals surface area (Å²) in [4.78, 5) is 12.5. The number of hydrogen-bond donors (Lipinski definition) is 1. The van der Waals surface area contributed by atoms with Crippen molar-refractivity contribution in [2.24, 2.45) is 0 Å². The van der Waals surface area contributed by atoms with Crippen LogP contribution in [0.15, 0.2) is 84.9 Å². The predicted molar refractivity (Wildman–Crippen MR) is 118 cm³/mol. The van der Waals surface area contributed by atoms with E-state index in [1.165, 1.54) is 12.1 Å². The fourth-order valence-corrected chi connectivity index (χ4v) is 3.30. The zero-order chi connectivity index (χ0) is 21.6. The number of benzene rings is 3. The first kappa shape index (κ1) is 20.3. The number of carbonyl (C=O) groups excluding carboxylic acids is 1. The van der Waals surface area contributed by atoms with Crippen LogP contribution in [0, 0.1) is 12.7 Å². The van der Waals surface area contributed by atoms with Gasteiger partial charge in [-0.15, -0.1) is 0 Å². The zero-order valence-corrected chi connectivity index (χ0v) is 17.1. The molecule has 0 aliphatic rings. The van der Waals surface area contributed by atoms with E-state index in [-0.39, 0.29) is 18.1 Å². The van der Waals surface area contributed by atoms with Gasteiger partial charge in [0.1, 0.15) is 11.6 Å². The third-order valence-electron chi connectivity index (χ3n) is 4.81. The summed E-state index contributed by atoms with van der Waals surface area (Å²) in [6, 6.07) is 24.8. The molecule has 0 spiro atoms. The first-order chi connectivity index (χ1) is 15.1. The molecule has 5 nitrogen and oxygen atoms in total. The highest BCUT2D eigenvalue weighted by Gasteiger charge is 2.20. The maximum Gasteiger partial charge on any atom is 0.226 e. The van der Waals surface area contributed by atoms with E-state index in [1.54, 1.807) is 16.8 Å². The van der Waals surface area contributed by atoms with Gasteiger partial charge in [-0.3, -0.25) is 4.79 Å². The number of halogens is 1.